The summed E-state index contributed by atoms with van der Waals surface area (Å²) < 4.78 is 24.0. The van der Waals surface area contributed by atoms with Gasteiger partial charge in [-0.15, -0.1) is 0 Å². The first-order valence-corrected chi connectivity index (χ1v) is 7.16. The first-order valence-electron chi connectivity index (χ1n) is 7.16. The Morgan fingerprint density at radius 1 is 1.29 bits per heavy atom. The second kappa shape index (κ2) is 5.92. The molecule has 2 rings (SSSR count). The van der Waals surface area contributed by atoms with E-state index in [1.54, 1.807) is 17.0 Å². The zero-order chi connectivity index (χ0) is 15.6. The van der Waals surface area contributed by atoms with Crippen LogP contribution in [-0.2, 0) is 4.74 Å². The standard InChI is InChI=1S/C16H22FNO3/c1-11-9-14(20-13-7-5-12(17)6-8-13)10-18(11)15(19)21-16(2,3)4/h5-8,11,14H,9-10H2,1-4H3/t11-,14+/m0/s1. The molecule has 0 aliphatic carbocycles. The fourth-order valence-corrected chi connectivity index (χ4v) is 2.35. The molecule has 0 N–H and O–H groups in total. The maximum atomic E-state index is 12.9. The molecule has 5 heteroatoms. The number of nitrogens with zero attached hydrogens (tertiary/aromatic N) is 1. The third kappa shape index (κ3) is 4.34. The second-order valence-corrected chi connectivity index (χ2v) is 6.41. The number of hydrogen-bond donors (Lipinski definition) is 0. The van der Waals surface area contributed by atoms with Crippen LogP contribution in [0.15, 0.2) is 24.3 Å². The van der Waals surface area contributed by atoms with Crippen molar-refractivity contribution in [2.75, 3.05) is 6.54 Å². The lowest BCUT2D eigenvalue weighted by Gasteiger charge is -2.26. The van der Waals surface area contributed by atoms with E-state index < -0.39 is 5.60 Å². The average molecular weight is 295 g/mol. The minimum absolute atomic E-state index is 0.0605. The van der Waals surface area contributed by atoms with Crippen LogP contribution in [0.5, 0.6) is 5.75 Å². The van der Waals surface area contributed by atoms with Crippen molar-refractivity contribution >= 4 is 6.09 Å². The highest BCUT2D eigenvalue weighted by molar-refractivity contribution is 5.69. The Morgan fingerprint density at radius 2 is 1.90 bits per heavy atom. The first kappa shape index (κ1) is 15.6. The maximum Gasteiger partial charge on any atom is 0.410 e. The molecule has 21 heavy (non-hydrogen) atoms. The summed E-state index contributed by atoms with van der Waals surface area (Å²) in [5.41, 5.74) is -0.507. The lowest BCUT2D eigenvalue weighted by Crippen LogP contribution is -2.39. The zero-order valence-electron chi connectivity index (χ0n) is 12.9. The Kier molecular flexibility index (Phi) is 4.40. The van der Waals surface area contributed by atoms with Gasteiger partial charge in [0.2, 0.25) is 0 Å². The van der Waals surface area contributed by atoms with E-state index >= 15 is 0 Å². The van der Waals surface area contributed by atoms with Gasteiger partial charge < -0.3 is 14.4 Å². The smallest absolute Gasteiger partial charge is 0.410 e. The van der Waals surface area contributed by atoms with Crippen molar-refractivity contribution < 1.29 is 18.7 Å². The Hall–Kier alpha value is -1.78. The van der Waals surface area contributed by atoms with Crippen LogP contribution in [0.4, 0.5) is 9.18 Å². The molecule has 0 radical (unpaired) electrons. The van der Waals surface area contributed by atoms with Gasteiger partial charge in [0.25, 0.3) is 0 Å². The van der Waals surface area contributed by atoms with E-state index in [4.69, 9.17) is 9.47 Å². The van der Waals surface area contributed by atoms with Crippen molar-refractivity contribution in [2.45, 2.75) is 51.9 Å². The van der Waals surface area contributed by atoms with Crippen LogP contribution in [0.3, 0.4) is 0 Å². The molecule has 1 aliphatic heterocycles. The molecule has 4 nitrogen and oxygen atoms in total. The second-order valence-electron chi connectivity index (χ2n) is 6.41. The molecular weight excluding hydrogens is 273 g/mol. The molecule has 0 aromatic heterocycles. The van der Waals surface area contributed by atoms with Gasteiger partial charge in [-0.3, -0.25) is 0 Å². The van der Waals surface area contributed by atoms with Crippen LogP contribution < -0.4 is 4.74 Å². The number of benzene rings is 1. The largest absolute Gasteiger partial charge is 0.489 e. The van der Waals surface area contributed by atoms with E-state index in [1.807, 2.05) is 27.7 Å². The summed E-state index contributed by atoms with van der Waals surface area (Å²) >= 11 is 0. The van der Waals surface area contributed by atoms with Gasteiger partial charge in [-0.05, 0) is 52.0 Å². The molecule has 1 saturated heterocycles. The number of rotatable bonds is 2. The molecule has 2 atom stereocenters. The average Bonchev–Trinajstić information content (AvgIpc) is 2.71. The summed E-state index contributed by atoms with van der Waals surface area (Å²) in [7, 11) is 0. The van der Waals surface area contributed by atoms with Crippen LogP contribution in [0.1, 0.15) is 34.1 Å². The van der Waals surface area contributed by atoms with E-state index in [0.29, 0.717) is 12.3 Å². The number of likely N-dealkylation sites (tertiary alicyclic amines) is 1. The molecule has 0 saturated carbocycles. The number of ether oxygens (including phenoxy) is 2. The van der Waals surface area contributed by atoms with E-state index in [0.717, 1.165) is 6.42 Å². The van der Waals surface area contributed by atoms with Gasteiger partial charge in [0, 0.05) is 12.5 Å². The van der Waals surface area contributed by atoms with E-state index in [-0.39, 0.29) is 24.1 Å². The molecule has 0 bridgehead atoms. The summed E-state index contributed by atoms with van der Waals surface area (Å²) in [6.45, 7) is 7.99. The van der Waals surface area contributed by atoms with Gasteiger partial charge in [0.1, 0.15) is 23.3 Å². The minimum atomic E-state index is -0.507. The summed E-state index contributed by atoms with van der Waals surface area (Å²) in [4.78, 5) is 13.8. The number of carbonyl (C=O) groups is 1. The third-order valence-electron chi connectivity index (χ3n) is 3.28. The van der Waals surface area contributed by atoms with Gasteiger partial charge in [-0.1, -0.05) is 0 Å². The van der Waals surface area contributed by atoms with Crippen LogP contribution in [-0.4, -0.2) is 35.3 Å². The fourth-order valence-electron chi connectivity index (χ4n) is 2.35. The number of halogens is 1. The molecule has 1 aliphatic rings. The highest BCUT2D eigenvalue weighted by Crippen LogP contribution is 2.24. The fraction of sp³-hybridized carbons (Fsp3) is 0.562. The van der Waals surface area contributed by atoms with Crippen LogP contribution in [0.2, 0.25) is 0 Å². The Bertz CT molecular complexity index is 495. The highest BCUT2D eigenvalue weighted by atomic mass is 19.1. The van der Waals surface area contributed by atoms with Crippen molar-refractivity contribution in [3.63, 3.8) is 0 Å². The summed E-state index contributed by atoms with van der Waals surface area (Å²) in [6, 6.07) is 5.97. The predicted octanol–water partition coefficient (Wildman–Crippen LogP) is 3.60. The van der Waals surface area contributed by atoms with E-state index in [1.165, 1.54) is 12.1 Å². The molecule has 1 fully saturated rings. The van der Waals surface area contributed by atoms with Crippen LogP contribution in [0.25, 0.3) is 0 Å². The molecule has 1 aromatic rings. The Balaban J connectivity index is 1.94. The van der Waals surface area contributed by atoms with Crippen molar-refractivity contribution in [3.05, 3.63) is 30.1 Å². The van der Waals surface area contributed by atoms with Gasteiger partial charge in [0.05, 0.1) is 6.54 Å². The van der Waals surface area contributed by atoms with Crippen LogP contribution >= 0.6 is 0 Å². The molecule has 1 amide bonds. The molecule has 0 spiro atoms. The van der Waals surface area contributed by atoms with Crippen molar-refractivity contribution in [1.82, 2.24) is 4.90 Å². The van der Waals surface area contributed by atoms with Crippen molar-refractivity contribution in [3.8, 4) is 5.75 Å². The highest BCUT2D eigenvalue weighted by Gasteiger charge is 2.36. The predicted molar refractivity (Wildman–Crippen MR) is 77.8 cm³/mol. The van der Waals surface area contributed by atoms with E-state index in [2.05, 4.69) is 0 Å². The van der Waals surface area contributed by atoms with Gasteiger partial charge in [-0.25, -0.2) is 9.18 Å². The number of amides is 1. The van der Waals surface area contributed by atoms with Crippen molar-refractivity contribution in [1.29, 1.82) is 0 Å². The maximum absolute atomic E-state index is 12.9. The lowest BCUT2D eigenvalue weighted by molar-refractivity contribution is 0.0224. The van der Waals surface area contributed by atoms with Gasteiger partial charge in [0.15, 0.2) is 0 Å². The molecule has 1 heterocycles. The van der Waals surface area contributed by atoms with Crippen molar-refractivity contribution in [2.24, 2.45) is 0 Å². The summed E-state index contributed by atoms with van der Waals surface area (Å²) in [5.74, 6) is 0.317. The summed E-state index contributed by atoms with van der Waals surface area (Å²) in [6.07, 6.45) is 0.314. The SMILES string of the molecule is C[C@H]1C[C@@H](Oc2ccc(F)cc2)CN1C(=O)OC(C)(C)C. The van der Waals surface area contributed by atoms with Gasteiger partial charge in [-0.2, -0.15) is 0 Å². The minimum Gasteiger partial charge on any atom is -0.489 e. The quantitative estimate of drug-likeness (QED) is 0.836. The molecule has 0 unspecified atom stereocenters. The Morgan fingerprint density at radius 3 is 2.48 bits per heavy atom. The van der Waals surface area contributed by atoms with Crippen LogP contribution in [0, 0.1) is 5.82 Å². The van der Waals surface area contributed by atoms with E-state index in [9.17, 15) is 9.18 Å². The normalized spacial score (nSPS) is 22.2. The lowest BCUT2D eigenvalue weighted by atomic mass is 10.2. The monoisotopic (exact) mass is 295 g/mol. The molecule has 116 valence electrons. The number of carbonyl (C=O) groups excluding carboxylic acids is 1. The molecule has 1 aromatic carbocycles. The Labute approximate surface area is 124 Å². The molecular formula is C16H22FNO3. The van der Waals surface area contributed by atoms with Gasteiger partial charge >= 0.3 is 6.09 Å². The summed E-state index contributed by atoms with van der Waals surface area (Å²) in [5, 5.41) is 0. The third-order valence-corrected chi connectivity index (χ3v) is 3.28. The number of hydrogen-bond acceptors (Lipinski definition) is 3. The first-order chi connectivity index (χ1) is 9.74. The zero-order valence-corrected chi connectivity index (χ0v) is 12.9. The topological polar surface area (TPSA) is 38.8 Å².